The minimum Gasteiger partial charge on any atom is -0.370 e. The molecule has 0 unspecified atom stereocenters. The molecule has 0 aromatic carbocycles. The van der Waals surface area contributed by atoms with Crippen LogP contribution in [0.15, 0.2) is 24.2 Å². The van der Waals surface area contributed by atoms with Gasteiger partial charge in [0.05, 0.1) is 25.0 Å². The van der Waals surface area contributed by atoms with E-state index in [2.05, 4.69) is 63.1 Å². The van der Waals surface area contributed by atoms with Crippen LogP contribution in [0.5, 0.6) is 0 Å². The van der Waals surface area contributed by atoms with Crippen molar-refractivity contribution in [1.82, 2.24) is 68.0 Å². The molecule has 8 atom stereocenters. The Labute approximate surface area is 510 Å². The van der Waals surface area contributed by atoms with Crippen molar-refractivity contribution < 1.29 is 47.9 Å². The molecule has 9 amide bonds. The van der Waals surface area contributed by atoms with Gasteiger partial charge in [0.1, 0.15) is 36.3 Å². The lowest BCUT2D eigenvalue weighted by Crippen LogP contribution is -2.58. The first-order valence-electron chi connectivity index (χ1n) is 30.6. The first kappa shape index (κ1) is 75.9. The average molecular weight is 1230 g/mol. The highest BCUT2D eigenvalue weighted by Gasteiger charge is 2.40. The number of carbonyl (C=O) groups is 10. The van der Waals surface area contributed by atoms with Gasteiger partial charge in [-0.2, -0.15) is 0 Å². The number of nitrogens with zero attached hydrogens (tertiary/aromatic N) is 2. The van der Waals surface area contributed by atoms with Gasteiger partial charge in [-0.25, -0.2) is 4.98 Å². The van der Waals surface area contributed by atoms with Crippen molar-refractivity contribution in [2.45, 2.75) is 184 Å². The Morgan fingerprint density at radius 1 is 0.621 bits per heavy atom. The van der Waals surface area contributed by atoms with Gasteiger partial charge >= 0.3 is 0 Å². The Hall–Kier alpha value is -7.16. The summed E-state index contributed by atoms with van der Waals surface area (Å²) in [6, 6.07) is -8.36. The van der Waals surface area contributed by atoms with Crippen molar-refractivity contribution in [2.75, 3.05) is 72.5 Å². The molecule has 0 saturated carbocycles. The monoisotopic (exact) mass is 1230 g/mol. The number of unbranched alkanes of at least 4 members (excludes halogenated alkanes) is 4. The number of hydrogen-bond donors (Lipinski definition) is 19. The second kappa shape index (κ2) is 44.3. The molecule has 26 N–H and O–H groups in total. The van der Waals surface area contributed by atoms with E-state index in [0.29, 0.717) is 109 Å². The van der Waals surface area contributed by atoms with Gasteiger partial charge in [0.25, 0.3) is 0 Å². The van der Waals surface area contributed by atoms with Crippen LogP contribution in [-0.4, -0.2) is 201 Å². The van der Waals surface area contributed by atoms with Gasteiger partial charge in [-0.3, -0.25) is 53.4 Å². The number of aromatic nitrogens is 2. The third-order valence-electron chi connectivity index (χ3n) is 14.6. The predicted octanol–water partition coefficient (Wildman–Crippen LogP) is -4.95. The number of likely N-dealkylation sites (N-methyl/N-ethyl adjacent to an activating group) is 1. The fourth-order valence-electron chi connectivity index (χ4n) is 9.62. The van der Waals surface area contributed by atoms with E-state index in [1.54, 1.807) is 13.1 Å². The summed E-state index contributed by atoms with van der Waals surface area (Å²) in [6.07, 6.45) is 11.2. The van der Waals surface area contributed by atoms with Crippen LogP contribution in [-0.2, 0) is 54.4 Å². The number of nitrogens with two attached hydrogens (primary N) is 7. The fraction of sp³-hybridized carbons (Fsp3) is 0.714. The smallest absolute Gasteiger partial charge is 0.247 e. The van der Waals surface area contributed by atoms with Gasteiger partial charge < -0.3 is 103 Å². The summed E-state index contributed by atoms with van der Waals surface area (Å²) in [4.78, 5) is 146. The molecule has 1 saturated heterocycles. The Morgan fingerprint density at radius 2 is 1.21 bits per heavy atom. The Morgan fingerprint density at radius 3 is 1.82 bits per heavy atom. The summed E-state index contributed by atoms with van der Waals surface area (Å²) < 4.78 is 0. The molecule has 31 nitrogen and oxygen atoms in total. The van der Waals surface area contributed by atoms with E-state index in [1.807, 2.05) is 0 Å². The van der Waals surface area contributed by atoms with Gasteiger partial charge in [0.15, 0.2) is 11.7 Å². The number of carbonyl (C=O) groups excluding carboxylic acids is 10. The number of imidazole rings is 1. The SMILES string of the molecule is CN[C@@H](CCCCN)C(=O)N[C@@H](CCN)C(=O)N[C@@H](C)C(=O)NCC(=O)N[C@H](CCCN)C(=O)N1CCC[C@H]1C(=O)N[C@@H](Cc1cnc[nH]1)C(=O)N[C@@H](CCCCN)C(=O)CC/C(=C\CCNC(=N)N)C(=O)N[C@@H](CCCCN)C(=O)NCCCCN. The second-order valence-electron chi connectivity index (χ2n) is 21.6. The molecule has 1 aromatic heterocycles. The lowest BCUT2D eigenvalue weighted by atomic mass is 9.97. The molecule has 0 radical (unpaired) electrons. The standard InChI is InChI=1S/C56H103N21O10/c1-36(71-52(84)42(22-28-62)75-51(83)40(65-2)16-4-7-24-58)48(80)69-34-47(79)72-43(18-11-27-61)55(87)77-31-13-19-45(77)54(86)76-44(32-38-33-66-35-70-38)53(85)73-39(15-3-6-23-57)46(78)21-20-37(14-12-30-68-56(63)64)49(81)74-41(17-5-8-25-59)50(82)67-29-10-9-26-60/h14,33,35-36,39-45,65H,3-13,15-32,34,57-62H2,1-2H3,(H,66,70)(H,67,82)(H,69,80)(H,71,84)(H,72,79)(H,73,85)(H,74,81)(H,75,83)(H,76,86)(H4,63,64,68)/b37-14+/t36-,39-,40-,41-,42-,43+,44-,45-/m0/s1. The number of hydrogen-bond acceptors (Lipinski definition) is 19. The summed E-state index contributed by atoms with van der Waals surface area (Å²) in [7, 11) is 1.63. The molecule has 1 aliphatic rings. The van der Waals surface area contributed by atoms with E-state index in [9.17, 15) is 47.9 Å². The highest BCUT2D eigenvalue weighted by Crippen LogP contribution is 2.21. The summed E-state index contributed by atoms with van der Waals surface area (Å²) in [5, 5.41) is 34.8. The van der Waals surface area contributed by atoms with E-state index in [4.69, 9.17) is 45.5 Å². The van der Waals surface area contributed by atoms with E-state index < -0.39 is 108 Å². The van der Waals surface area contributed by atoms with Gasteiger partial charge in [-0.1, -0.05) is 12.5 Å². The van der Waals surface area contributed by atoms with Gasteiger partial charge in [0, 0.05) is 49.9 Å². The number of rotatable bonds is 47. The molecular weight excluding hydrogens is 1130 g/mol. The molecule has 1 aromatic rings. The third-order valence-corrected chi connectivity index (χ3v) is 14.6. The molecule has 31 heteroatoms. The number of guanidine groups is 1. The molecular formula is C56H103N21O10. The maximum atomic E-state index is 14.5. The number of Topliss-reactive ketones (excluding diaryl/α,β-unsaturated/α-hetero) is 1. The van der Waals surface area contributed by atoms with Crippen LogP contribution in [0.1, 0.15) is 135 Å². The zero-order valence-electron chi connectivity index (χ0n) is 51.1. The number of aromatic amines is 1. The molecule has 1 aliphatic heterocycles. The van der Waals surface area contributed by atoms with E-state index in [-0.39, 0.29) is 95.0 Å². The zero-order valence-corrected chi connectivity index (χ0v) is 51.1. The molecule has 1 fully saturated rings. The van der Waals surface area contributed by atoms with Crippen molar-refractivity contribution in [3.05, 3.63) is 29.9 Å². The molecule has 492 valence electrons. The van der Waals surface area contributed by atoms with Crippen molar-refractivity contribution in [3.63, 3.8) is 0 Å². The van der Waals surface area contributed by atoms with Crippen molar-refractivity contribution >= 4 is 64.9 Å². The second-order valence-corrected chi connectivity index (χ2v) is 21.6. The number of nitrogens with one attached hydrogen (secondary N) is 12. The van der Waals surface area contributed by atoms with Crippen molar-refractivity contribution in [1.29, 1.82) is 5.41 Å². The molecule has 2 rings (SSSR count). The largest absolute Gasteiger partial charge is 0.370 e. The lowest BCUT2D eigenvalue weighted by Gasteiger charge is -2.30. The molecule has 2 heterocycles. The van der Waals surface area contributed by atoms with Crippen LogP contribution < -0.4 is 93.3 Å². The Kier molecular flexibility index (Phi) is 38.7. The molecule has 0 spiro atoms. The first-order valence-corrected chi connectivity index (χ1v) is 30.6. The van der Waals surface area contributed by atoms with Gasteiger partial charge in [-0.05, 0) is 162 Å². The van der Waals surface area contributed by atoms with Crippen molar-refractivity contribution in [3.8, 4) is 0 Å². The molecule has 0 bridgehead atoms. The summed E-state index contributed by atoms with van der Waals surface area (Å²) >= 11 is 0. The Bertz CT molecular complexity index is 2330. The van der Waals surface area contributed by atoms with Crippen molar-refractivity contribution in [2.24, 2.45) is 40.1 Å². The highest BCUT2D eigenvalue weighted by molar-refractivity contribution is 5.99. The van der Waals surface area contributed by atoms with Crippen LogP contribution in [0.4, 0.5) is 0 Å². The maximum absolute atomic E-state index is 14.5. The van der Waals surface area contributed by atoms with E-state index >= 15 is 0 Å². The van der Waals surface area contributed by atoms with Crippen LogP contribution >= 0.6 is 0 Å². The fourth-order valence-corrected chi connectivity index (χ4v) is 9.62. The predicted molar refractivity (Wildman–Crippen MR) is 329 cm³/mol. The summed E-state index contributed by atoms with van der Waals surface area (Å²) in [5.74, 6) is -6.23. The number of H-pyrrole nitrogens is 1. The topological polar surface area (TPSA) is 529 Å². The van der Waals surface area contributed by atoms with E-state index in [0.717, 1.165) is 6.42 Å². The Balaban J connectivity index is 2.28. The minimum atomic E-state index is -1.30. The minimum absolute atomic E-state index is 0.0608. The lowest BCUT2D eigenvalue weighted by molar-refractivity contribution is -0.142. The van der Waals surface area contributed by atoms with Gasteiger partial charge in [-0.15, -0.1) is 0 Å². The highest BCUT2D eigenvalue weighted by atomic mass is 16.2. The number of ketones is 1. The maximum Gasteiger partial charge on any atom is 0.247 e. The zero-order chi connectivity index (χ0) is 64.5. The van der Waals surface area contributed by atoms with Crippen LogP contribution in [0, 0.1) is 5.41 Å². The van der Waals surface area contributed by atoms with E-state index in [1.165, 1.54) is 24.3 Å². The summed E-state index contributed by atoms with van der Waals surface area (Å²) in [6.45, 7) is 3.35. The third kappa shape index (κ3) is 29.9. The quantitative estimate of drug-likeness (QED) is 0.0126. The summed E-state index contributed by atoms with van der Waals surface area (Å²) in [5.41, 5.74) is 40.5. The normalized spacial score (nSPS) is 15.5. The van der Waals surface area contributed by atoms with Crippen LogP contribution in [0.25, 0.3) is 0 Å². The molecule has 0 aliphatic carbocycles. The molecule has 87 heavy (non-hydrogen) atoms. The first-order chi connectivity index (χ1) is 41.8. The van der Waals surface area contributed by atoms with Crippen LogP contribution in [0.3, 0.4) is 0 Å². The average Bonchev–Trinajstić information content (AvgIpc) is 2.58. The number of amides is 9. The van der Waals surface area contributed by atoms with Gasteiger partial charge in [0.2, 0.25) is 53.2 Å². The number of likely N-dealkylation sites (tertiary alicyclic amines) is 1. The van der Waals surface area contributed by atoms with Crippen LogP contribution in [0.2, 0.25) is 0 Å².